The van der Waals surface area contributed by atoms with Crippen LogP contribution in [0.25, 0.3) is 0 Å². The van der Waals surface area contributed by atoms with Crippen molar-refractivity contribution in [2.45, 2.75) is 141 Å². The van der Waals surface area contributed by atoms with Crippen LogP contribution in [0, 0.1) is 17.8 Å². The number of rotatable bonds is 26. The van der Waals surface area contributed by atoms with E-state index in [9.17, 15) is 19.8 Å². The number of hydrogen-bond donors (Lipinski definition) is 3. The summed E-state index contributed by atoms with van der Waals surface area (Å²) in [6.45, 7) is 9.15. The highest BCUT2D eigenvalue weighted by Gasteiger charge is 2.65. The van der Waals surface area contributed by atoms with Crippen molar-refractivity contribution in [1.29, 1.82) is 0 Å². The van der Waals surface area contributed by atoms with E-state index in [4.69, 9.17) is 23.8 Å². The lowest BCUT2D eigenvalue weighted by atomic mass is 9.55. The molecule has 0 spiro atoms. The summed E-state index contributed by atoms with van der Waals surface area (Å²) in [7, 11) is 3.26. The lowest BCUT2D eigenvalue weighted by Gasteiger charge is -2.59. The number of aliphatic hydroxyl groups is 2. The smallest absolute Gasteiger partial charge is 0.412 e. The average Bonchev–Trinajstić information content (AvgIpc) is 3.20. The zero-order chi connectivity index (χ0) is 41.0. The van der Waals surface area contributed by atoms with Gasteiger partial charge in [-0.25, -0.2) is 9.59 Å². The Morgan fingerprint density at radius 2 is 1.67 bits per heavy atom. The van der Waals surface area contributed by atoms with Crippen LogP contribution in [0.3, 0.4) is 0 Å². The molecule has 1 fully saturated rings. The molecule has 1 aromatic rings. The number of oxime groups is 1. The molecule has 3 N–H and O–H groups in total. The van der Waals surface area contributed by atoms with Crippen molar-refractivity contribution in [3.8, 4) is 11.5 Å². The minimum absolute atomic E-state index is 0.0502. The van der Waals surface area contributed by atoms with Crippen LogP contribution in [-0.4, -0.2) is 92.0 Å². The van der Waals surface area contributed by atoms with Crippen LogP contribution in [0.4, 0.5) is 9.59 Å². The molecule has 320 valence electrons. The number of carbonyl (C=O) groups excluding carboxylic acids is 2. The SMILES string of the molecule is C=CCOC12Oc3ccc(OC(=O)NCC)cc3C3C(CCCCO)C(CCCCO)C=C(C(=NOC)CC1N(C)C(=O)OCCCCCCCCCCCC)C32. The van der Waals surface area contributed by atoms with E-state index in [1.54, 1.807) is 24.1 Å². The van der Waals surface area contributed by atoms with Gasteiger partial charge in [-0.2, -0.15) is 0 Å². The third-order valence-electron chi connectivity index (χ3n) is 11.9. The molecular formula is C45H71N3O9. The molecule has 0 bridgehead atoms. The number of ether oxygens (including phenoxy) is 4. The van der Waals surface area contributed by atoms with Crippen molar-refractivity contribution < 1.29 is 43.6 Å². The van der Waals surface area contributed by atoms with E-state index >= 15 is 0 Å². The van der Waals surface area contributed by atoms with E-state index in [2.05, 4.69) is 30.1 Å². The third kappa shape index (κ3) is 12.2. The lowest BCUT2D eigenvalue weighted by molar-refractivity contribution is -0.253. The predicted octanol–water partition coefficient (Wildman–Crippen LogP) is 9.05. The summed E-state index contributed by atoms with van der Waals surface area (Å²) >= 11 is 0. The Kier molecular flexibility index (Phi) is 19.7. The normalized spacial score (nSPS) is 24.1. The molecule has 2 amide bonds. The van der Waals surface area contributed by atoms with Crippen molar-refractivity contribution in [1.82, 2.24) is 10.2 Å². The Labute approximate surface area is 341 Å². The molecule has 12 heteroatoms. The first-order valence-electron chi connectivity index (χ1n) is 21.8. The van der Waals surface area contributed by atoms with E-state index in [-0.39, 0.29) is 44.0 Å². The maximum atomic E-state index is 14.0. The number of unbranched alkanes of at least 4 members (excludes halogenated alkanes) is 11. The summed E-state index contributed by atoms with van der Waals surface area (Å²) in [6, 6.07) is 4.76. The number of likely N-dealkylation sites (N-methyl/N-ethyl adjacent to an activating group) is 1. The maximum absolute atomic E-state index is 14.0. The summed E-state index contributed by atoms with van der Waals surface area (Å²) in [4.78, 5) is 33.7. The van der Waals surface area contributed by atoms with Gasteiger partial charge < -0.3 is 44.2 Å². The van der Waals surface area contributed by atoms with E-state index in [0.717, 1.165) is 56.1 Å². The van der Waals surface area contributed by atoms with Gasteiger partial charge in [0.05, 0.1) is 24.8 Å². The van der Waals surface area contributed by atoms with Crippen LogP contribution < -0.4 is 14.8 Å². The van der Waals surface area contributed by atoms with Crippen molar-refractivity contribution in [2.75, 3.05) is 47.1 Å². The number of hydrogen-bond acceptors (Lipinski definition) is 10. The minimum Gasteiger partial charge on any atom is -0.459 e. The number of nitrogens with zero attached hydrogens (tertiary/aromatic N) is 2. The van der Waals surface area contributed by atoms with Crippen LogP contribution in [0.15, 0.2) is 47.7 Å². The first kappa shape index (κ1) is 46.1. The van der Waals surface area contributed by atoms with Gasteiger partial charge in [0.25, 0.3) is 0 Å². The molecule has 6 unspecified atom stereocenters. The highest BCUT2D eigenvalue weighted by atomic mass is 16.7. The highest BCUT2D eigenvalue weighted by molar-refractivity contribution is 6.02. The summed E-state index contributed by atoms with van der Waals surface area (Å²) in [5, 5.41) is 26.8. The zero-order valence-corrected chi connectivity index (χ0v) is 35.2. The van der Waals surface area contributed by atoms with Crippen LogP contribution >= 0.6 is 0 Å². The Morgan fingerprint density at radius 3 is 2.32 bits per heavy atom. The van der Waals surface area contributed by atoms with Gasteiger partial charge in [-0.3, -0.25) is 0 Å². The van der Waals surface area contributed by atoms with Crippen LogP contribution in [0.2, 0.25) is 0 Å². The molecule has 12 nitrogen and oxygen atoms in total. The molecule has 6 atom stereocenters. The Morgan fingerprint density at radius 1 is 0.982 bits per heavy atom. The molecule has 2 aliphatic carbocycles. The fourth-order valence-electron chi connectivity index (χ4n) is 9.17. The Balaban J connectivity index is 1.72. The van der Waals surface area contributed by atoms with Gasteiger partial charge >= 0.3 is 12.2 Å². The van der Waals surface area contributed by atoms with Gasteiger partial charge in [0.2, 0.25) is 5.79 Å². The van der Waals surface area contributed by atoms with Crippen LogP contribution in [0.5, 0.6) is 11.5 Å². The molecule has 57 heavy (non-hydrogen) atoms. The van der Waals surface area contributed by atoms with Crippen molar-refractivity contribution in [3.63, 3.8) is 0 Å². The number of carbonyl (C=O) groups is 2. The molecular weight excluding hydrogens is 727 g/mol. The number of amides is 2. The quantitative estimate of drug-likeness (QED) is 0.0474. The fraction of sp³-hybridized carbons (Fsp3) is 0.711. The van der Waals surface area contributed by atoms with Crippen molar-refractivity contribution in [3.05, 3.63) is 48.1 Å². The summed E-state index contributed by atoms with van der Waals surface area (Å²) in [5.41, 5.74) is 2.50. The average molecular weight is 798 g/mol. The maximum Gasteiger partial charge on any atom is 0.412 e. The molecule has 1 saturated carbocycles. The predicted molar refractivity (Wildman–Crippen MR) is 223 cm³/mol. The highest BCUT2D eigenvalue weighted by Crippen LogP contribution is 2.61. The van der Waals surface area contributed by atoms with Crippen LogP contribution in [-0.2, 0) is 14.3 Å². The van der Waals surface area contributed by atoms with E-state index < -0.39 is 29.9 Å². The molecule has 4 rings (SSSR count). The zero-order valence-electron chi connectivity index (χ0n) is 35.2. The second-order valence-electron chi connectivity index (χ2n) is 15.8. The van der Waals surface area contributed by atoms with Gasteiger partial charge in [0.1, 0.15) is 24.7 Å². The number of allylic oxidation sites excluding steroid dienone is 1. The van der Waals surface area contributed by atoms with E-state index in [0.29, 0.717) is 43.2 Å². The number of nitrogens with one attached hydrogen (secondary N) is 1. The van der Waals surface area contributed by atoms with Gasteiger partial charge in [-0.15, -0.1) is 6.58 Å². The molecule has 1 aromatic carbocycles. The first-order valence-corrected chi connectivity index (χ1v) is 21.8. The Hall–Kier alpha value is -3.61. The van der Waals surface area contributed by atoms with Crippen molar-refractivity contribution >= 4 is 17.9 Å². The van der Waals surface area contributed by atoms with Crippen LogP contribution in [0.1, 0.15) is 134 Å². The fourth-order valence-corrected chi connectivity index (χ4v) is 9.17. The number of benzene rings is 1. The molecule has 0 aromatic heterocycles. The van der Waals surface area contributed by atoms with Gasteiger partial charge in [-0.05, 0) is 74.6 Å². The third-order valence-corrected chi connectivity index (χ3v) is 11.9. The van der Waals surface area contributed by atoms with E-state index in [1.165, 1.54) is 52.1 Å². The lowest BCUT2D eigenvalue weighted by Crippen LogP contribution is -2.69. The monoisotopic (exact) mass is 798 g/mol. The second kappa shape index (κ2) is 24.3. The molecule has 0 radical (unpaired) electrons. The topological polar surface area (TPSA) is 148 Å². The standard InChI is InChI=1S/C45H71N3O9/c1-6-9-10-11-12-13-14-15-16-21-29-54-44(52)48(4)40-32-38(47-53-5)36-30-33(22-17-19-26-49)35(23-18-20-27-50)41-37-31-34(56-43(51)46-8-3)24-25-39(37)57-45(40,42(36)41)55-28-7-2/h7,24-25,30-31,33,35,40-42,49-50H,2,6,8-23,26-29,32H2,1,3-5H3,(H,46,51). The second-order valence-corrected chi connectivity index (χ2v) is 15.8. The number of fused-ring (bicyclic) bond motifs is 2. The first-order chi connectivity index (χ1) is 27.8. The summed E-state index contributed by atoms with van der Waals surface area (Å²) in [6.07, 6.45) is 19.7. The minimum atomic E-state index is -1.37. The van der Waals surface area contributed by atoms with Gasteiger partial charge in [0.15, 0.2) is 0 Å². The molecule has 0 saturated heterocycles. The molecule has 1 aliphatic heterocycles. The van der Waals surface area contributed by atoms with Crippen molar-refractivity contribution in [2.24, 2.45) is 22.9 Å². The summed E-state index contributed by atoms with van der Waals surface area (Å²) in [5.74, 6) is -0.953. The van der Waals surface area contributed by atoms with E-state index in [1.807, 2.05) is 19.1 Å². The largest absolute Gasteiger partial charge is 0.459 e. The number of aliphatic hydroxyl groups excluding tert-OH is 2. The molecule has 3 aliphatic rings. The van der Waals surface area contributed by atoms with Gasteiger partial charge in [-0.1, -0.05) is 94.9 Å². The molecule has 1 heterocycles. The van der Waals surface area contributed by atoms with Gasteiger partial charge in [0, 0.05) is 44.7 Å². The Bertz CT molecular complexity index is 1470. The summed E-state index contributed by atoms with van der Waals surface area (Å²) < 4.78 is 25.6.